The molecule has 26 heavy (non-hydrogen) atoms. The molecule has 0 unspecified atom stereocenters. The van der Waals surface area contributed by atoms with E-state index in [1.807, 2.05) is 57.2 Å². The van der Waals surface area contributed by atoms with Crippen LogP contribution in [0.25, 0.3) is 0 Å². The lowest BCUT2D eigenvalue weighted by Gasteiger charge is -2.35. The quantitative estimate of drug-likeness (QED) is 0.804. The van der Waals surface area contributed by atoms with Crippen LogP contribution in [0.1, 0.15) is 36.7 Å². The Kier molecular flexibility index (Phi) is 6.39. The first kappa shape index (κ1) is 19.5. The zero-order valence-corrected chi connectivity index (χ0v) is 15.8. The minimum atomic E-state index is -0.517. The van der Waals surface area contributed by atoms with Crippen molar-refractivity contribution >= 4 is 17.6 Å². The number of rotatable bonds is 6. The number of amides is 1. The number of nitrogens with one attached hydrogen (secondary N) is 1. The molecule has 0 spiro atoms. The summed E-state index contributed by atoms with van der Waals surface area (Å²) in [6.07, 6.45) is 0. The first-order chi connectivity index (χ1) is 12.3. The molecule has 0 saturated heterocycles. The molecule has 0 aromatic heterocycles. The van der Waals surface area contributed by atoms with Gasteiger partial charge in [0.1, 0.15) is 0 Å². The molecule has 2 aromatic rings. The molecule has 0 radical (unpaired) electrons. The Balaban J connectivity index is 2.06. The van der Waals surface area contributed by atoms with Crippen molar-refractivity contribution in [2.24, 2.45) is 0 Å². The topological polar surface area (TPSA) is 58.6 Å². The van der Waals surface area contributed by atoms with Crippen LogP contribution < -0.4 is 5.32 Å². The third kappa shape index (κ3) is 5.09. The largest absolute Gasteiger partial charge is 0.452 e. The van der Waals surface area contributed by atoms with Gasteiger partial charge in [-0.05, 0) is 38.5 Å². The average Bonchev–Trinajstić information content (AvgIpc) is 2.63. The van der Waals surface area contributed by atoms with Gasteiger partial charge in [0.15, 0.2) is 6.61 Å². The minimum Gasteiger partial charge on any atom is -0.452 e. The van der Waals surface area contributed by atoms with Crippen LogP contribution in [0, 0.1) is 0 Å². The number of hydrogen-bond donors (Lipinski definition) is 1. The molecule has 0 atom stereocenters. The number of carbonyl (C=O) groups excluding carboxylic acids is 2. The zero-order valence-electron chi connectivity index (χ0n) is 15.8. The average molecular weight is 354 g/mol. The first-order valence-corrected chi connectivity index (χ1v) is 8.61. The Hall–Kier alpha value is -2.82. The highest BCUT2D eigenvalue weighted by Crippen LogP contribution is 2.19. The van der Waals surface area contributed by atoms with E-state index < -0.39 is 5.97 Å². The van der Waals surface area contributed by atoms with Crippen molar-refractivity contribution in [3.8, 4) is 0 Å². The minimum absolute atomic E-state index is 0.225. The summed E-state index contributed by atoms with van der Waals surface area (Å²) in [5, 5.41) is 2.95. The second-order valence-electron chi connectivity index (χ2n) is 7.01. The summed E-state index contributed by atoms with van der Waals surface area (Å²) >= 11 is 0. The number of benzene rings is 2. The predicted molar refractivity (Wildman–Crippen MR) is 103 cm³/mol. The molecule has 0 aliphatic carbocycles. The lowest BCUT2D eigenvalue weighted by atomic mass is 10.0. The molecule has 138 valence electrons. The summed E-state index contributed by atoms with van der Waals surface area (Å²) in [5.74, 6) is -0.742. The van der Waals surface area contributed by atoms with Gasteiger partial charge in [-0.25, -0.2) is 4.79 Å². The summed E-state index contributed by atoms with van der Waals surface area (Å²) in [5.41, 5.74) is 1.72. The number of carbonyl (C=O) groups is 2. The van der Waals surface area contributed by atoms with Crippen LogP contribution in [0.4, 0.5) is 5.69 Å². The van der Waals surface area contributed by atoms with Crippen LogP contribution in [-0.4, -0.2) is 36.0 Å². The standard InChI is InChI=1S/C21H26N2O3/c1-21(2,3)23(14-16-10-6-5-7-11-16)19(24)15-26-20(25)17-12-8-9-13-18(17)22-4/h5-13,22H,14-15H2,1-4H3. The highest BCUT2D eigenvalue weighted by molar-refractivity contribution is 5.96. The second-order valence-corrected chi connectivity index (χ2v) is 7.01. The van der Waals surface area contributed by atoms with Crippen LogP contribution in [0.3, 0.4) is 0 Å². The molecule has 1 amide bonds. The Morgan fingerprint density at radius 2 is 1.62 bits per heavy atom. The van der Waals surface area contributed by atoms with Gasteiger partial charge in [0.05, 0.1) is 5.56 Å². The highest BCUT2D eigenvalue weighted by atomic mass is 16.5. The van der Waals surface area contributed by atoms with Gasteiger partial charge < -0.3 is 15.0 Å². The Morgan fingerprint density at radius 1 is 1.00 bits per heavy atom. The highest BCUT2D eigenvalue weighted by Gasteiger charge is 2.27. The molecule has 5 nitrogen and oxygen atoms in total. The van der Waals surface area contributed by atoms with Crippen molar-refractivity contribution in [2.45, 2.75) is 32.9 Å². The molecule has 0 fully saturated rings. The predicted octanol–water partition coefficient (Wildman–Crippen LogP) is 3.71. The molecule has 5 heteroatoms. The van der Waals surface area contributed by atoms with Gasteiger partial charge in [0.25, 0.3) is 5.91 Å². The van der Waals surface area contributed by atoms with Gasteiger partial charge >= 0.3 is 5.97 Å². The molecule has 1 N–H and O–H groups in total. The zero-order chi connectivity index (χ0) is 19.2. The van der Waals surface area contributed by atoms with Gasteiger partial charge in [0.2, 0.25) is 0 Å². The molecule has 2 rings (SSSR count). The molecule has 0 saturated carbocycles. The molecule has 2 aromatic carbocycles. The summed E-state index contributed by atoms with van der Waals surface area (Å²) in [6, 6.07) is 16.8. The van der Waals surface area contributed by atoms with Crippen molar-refractivity contribution in [3.63, 3.8) is 0 Å². The molecule has 0 aliphatic rings. The van der Waals surface area contributed by atoms with Crippen LogP contribution in [-0.2, 0) is 16.1 Å². The van der Waals surface area contributed by atoms with E-state index in [2.05, 4.69) is 5.32 Å². The number of anilines is 1. The van der Waals surface area contributed by atoms with Crippen molar-refractivity contribution in [3.05, 3.63) is 65.7 Å². The van der Waals surface area contributed by atoms with E-state index in [4.69, 9.17) is 4.74 Å². The summed E-state index contributed by atoms with van der Waals surface area (Å²) in [4.78, 5) is 26.8. The second kappa shape index (κ2) is 8.52. The lowest BCUT2D eigenvalue weighted by molar-refractivity contribution is -0.140. The maximum atomic E-state index is 12.7. The molecular formula is C21H26N2O3. The van der Waals surface area contributed by atoms with E-state index in [1.165, 1.54) is 0 Å². The van der Waals surface area contributed by atoms with Crippen LogP contribution in [0.5, 0.6) is 0 Å². The van der Waals surface area contributed by atoms with E-state index >= 15 is 0 Å². The third-order valence-electron chi connectivity index (χ3n) is 4.04. The normalized spacial score (nSPS) is 10.9. The fourth-order valence-electron chi connectivity index (χ4n) is 2.63. The van der Waals surface area contributed by atoms with E-state index in [9.17, 15) is 9.59 Å². The van der Waals surface area contributed by atoms with Crippen molar-refractivity contribution in [1.82, 2.24) is 4.90 Å². The number of nitrogens with zero attached hydrogens (tertiary/aromatic N) is 1. The Morgan fingerprint density at radius 3 is 2.23 bits per heavy atom. The SMILES string of the molecule is CNc1ccccc1C(=O)OCC(=O)N(Cc1ccccc1)C(C)(C)C. The van der Waals surface area contributed by atoms with Crippen LogP contribution >= 0.6 is 0 Å². The number of esters is 1. The maximum Gasteiger partial charge on any atom is 0.340 e. The van der Waals surface area contributed by atoms with Crippen LogP contribution in [0.2, 0.25) is 0 Å². The summed E-state index contributed by atoms with van der Waals surface area (Å²) in [7, 11) is 1.73. The summed E-state index contributed by atoms with van der Waals surface area (Å²) in [6.45, 7) is 6.07. The number of ether oxygens (including phenoxy) is 1. The monoisotopic (exact) mass is 354 g/mol. The van der Waals surface area contributed by atoms with E-state index in [0.29, 0.717) is 17.8 Å². The molecule has 0 bridgehead atoms. The molecular weight excluding hydrogens is 328 g/mol. The Labute approximate surface area is 155 Å². The molecule has 0 aliphatic heterocycles. The fourth-order valence-corrected chi connectivity index (χ4v) is 2.63. The van der Waals surface area contributed by atoms with Crippen molar-refractivity contribution in [1.29, 1.82) is 0 Å². The van der Waals surface area contributed by atoms with Gasteiger partial charge in [-0.3, -0.25) is 4.79 Å². The van der Waals surface area contributed by atoms with E-state index in [-0.39, 0.29) is 18.1 Å². The first-order valence-electron chi connectivity index (χ1n) is 8.61. The number of hydrogen-bond acceptors (Lipinski definition) is 4. The fraction of sp³-hybridized carbons (Fsp3) is 0.333. The van der Waals surface area contributed by atoms with Gasteiger partial charge in [-0.15, -0.1) is 0 Å². The third-order valence-corrected chi connectivity index (χ3v) is 4.04. The van der Waals surface area contributed by atoms with Crippen molar-refractivity contribution < 1.29 is 14.3 Å². The van der Waals surface area contributed by atoms with Gasteiger partial charge in [-0.2, -0.15) is 0 Å². The summed E-state index contributed by atoms with van der Waals surface area (Å²) < 4.78 is 5.28. The van der Waals surface area contributed by atoms with Gasteiger partial charge in [-0.1, -0.05) is 42.5 Å². The Bertz CT molecular complexity index is 751. The lowest BCUT2D eigenvalue weighted by Crippen LogP contribution is -2.46. The molecule has 0 heterocycles. The van der Waals surface area contributed by atoms with E-state index in [1.54, 1.807) is 30.1 Å². The van der Waals surface area contributed by atoms with Crippen molar-refractivity contribution in [2.75, 3.05) is 19.0 Å². The maximum absolute atomic E-state index is 12.7. The smallest absolute Gasteiger partial charge is 0.340 e. The van der Waals surface area contributed by atoms with Gasteiger partial charge in [0, 0.05) is 24.8 Å². The van der Waals surface area contributed by atoms with E-state index in [0.717, 1.165) is 5.56 Å². The number of para-hydroxylation sites is 1. The van der Waals surface area contributed by atoms with Crippen LogP contribution in [0.15, 0.2) is 54.6 Å².